The third kappa shape index (κ3) is 4.64. The molecule has 26 heavy (non-hydrogen) atoms. The Bertz CT molecular complexity index is 690. The van der Waals surface area contributed by atoms with E-state index in [9.17, 15) is 13.2 Å². The first-order chi connectivity index (χ1) is 12.4. The maximum atomic E-state index is 12.9. The van der Waals surface area contributed by atoms with Gasteiger partial charge in [-0.05, 0) is 31.7 Å². The van der Waals surface area contributed by atoms with E-state index in [0.29, 0.717) is 45.7 Å². The minimum Gasteiger partial charge on any atom is -0.373 e. The van der Waals surface area contributed by atoms with Crippen molar-refractivity contribution in [3.05, 3.63) is 22.4 Å². The van der Waals surface area contributed by atoms with Gasteiger partial charge in [0, 0.05) is 50.6 Å². The van der Waals surface area contributed by atoms with E-state index in [4.69, 9.17) is 4.74 Å². The molecule has 3 heterocycles. The van der Waals surface area contributed by atoms with Gasteiger partial charge in [-0.3, -0.25) is 4.79 Å². The maximum absolute atomic E-state index is 12.9. The number of thiophene rings is 1. The van der Waals surface area contributed by atoms with E-state index in [-0.39, 0.29) is 18.1 Å². The number of piperazine rings is 1. The fourth-order valence-corrected chi connectivity index (χ4v) is 5.95. The van der Waals surface area contributed by atoms with Crippen molar-refractivity contribution in [2.24, 2.45) is 0 Å². The van der Waals surface area contributed by atoms with E-state index in [1.165, 1.54) is 13.5 Å². The van der Waals surface area contributed by atoms with Gasteiger partial charge in [0.1, 0.15) is 0 Å². The average molecular weight is 402 g/mol. The Hall–Kier alpha value is -1.00. The van der Waals surface area contributed by atoms with Crippen LogP contribution in [0.2, 0.25) is 0 Å². The van der Waals surface area contributed by atoms with Crippen molar-refractivity contribution in [2.45, 2.75) is 38.9 Å². The minimum atomic E-state index is -3.50. The van der Waals surface area contributed by atoms with E-state index in [1.807, 2.05) is 31.4 Å². The molecule has 0 aromatic carbocycles. The number of carbonyl (C=O) groups is 1. The van der Waals surface area contributed by atoms with Crippen LogP contribution >= 0.6 is 11.3 Å². The molecule has 1 aromatic rings. The molecule has 0 radical (unpaired) electrons. The average Bonchev–Trinajstić information content (AvgIpc) is 3.12. The molecule has 1 amide bonds. The Balaban J connectivity index is 1.51. The zero-order valence-electron chi connectivity index (χ0n) is 15.3. The van der Waals surface area contributed by atoms with Gasteiger partial charge >= 0.3 is 0 Å². The molecule has 0 saturated carbocycles. The molecule has 3 rings (SSSR count). The van der Waals surface area contributed by atoms with Gasteiger partial charge in [0.25, 0.3) is 10.2 Å². The van der Waals surface area contributed by atoms with Crippen LogP contribution in [0, 0.1) is 0 Å². The predicted octanol–water partition coefficient (Wildman–Crippen LogP) is 1.18. The van der Waals surface area contributed by atoms with Crippen molar-refractivity contribution in [3.8, 4) is 0 Å². The highest BCUT2D eigenvalue weighted by Gasteiger charge is 2.37. The predicted molar refractivity (Wildman–Crippen MR) is 101 cm³/mol. The lowest BCUT2D eigenvalue weighted by molar-refractivity contribution is -0.132. The van der Waals surface area contributed by atoms with Crippen molar-refractivity contribution in [1.29, 1.82) is 0 Å². The normalized spacial score (nSPS) is 26.2. The molecule has 2 saturated heterocycles. The van der Waals surface area contributed by atoms with Crippen molar-refractivity contribution in [2.75, 3.05) is 39.3 Å². The van der Waals surface area contributed by atoms with Crippen LogP contribution < -0.4 is 0 Å². The molecule has 0 bridgehead atoms. The van der Waals surface area contributed by atoms with Gasteiger partial charge in [-0.15, -0.1) is 11.3 Å². The summed E-state index contributed by atoms with van der Waals surface area (Å²) in [5.74, 6) is 0.101. The molecule has 9 heteroatoms. The van der Waals surface area contributed by atoms with Gasteiger partial charge in [0.05, 0.1) is 12.2 Å². The van der Waals surface area contributed by atoms with E-state index >= 15 is 0 Å². The molecular weight excluding hydrogens is 374 g/mol. The fraction of sp³-hybridized carbons (Fsp3) is 0.706. The molecule has 7 nitrogen and oxygen atoms in total. The minimum absolute atomic E-state index is 0.101. The van der Waals surface area contributed by atoms with Crippen molar-refractivity contribution >= 4 is 27.5 Å². The van der Waals surface area contributed by atoms with Crippen molar-refractivity contribution in [1.82, 2.24) is 13.5 Å². The Labute approximate surface area is 159 Å². The van der Waals surface area contributed by atoms with Crippen LogP contribution in [0.5, 0.6) is 0 Å². The van der Waals surface area contributed by atoms with Gasteiger partial charge in [0.2, 0.25) is 5.91 Å². The highest BCUT2D eigenvalue weighted by atomic mass is 32.2. The van der Waals surface area contributed by atoms with Gasteiger partial charge in [0.15, 0.2) is 0 Å². The molecule has 146 valence electrons. The number of rotatable bonds is 5. The highest BCUT2D eigenvalue weighted by molar-refractivity contribution is 7.86. The van der Waals surface area contributed by atoms with Crippen LogP contribution in [0.4, 0.5) is 0 Å². The first-order valence-electron chi connectivity index (χ1n) is 9.07. The summed E-state index contributed by atoms with van der Waals surface area (Å²) in [5, 5.41) is 2.01. The largest absolute Gasteiger partial charge is 0.373 e. The zero-order valence-corrected chi connectivity index (χ0v) is 17.0. The number of amides is 1. The first kappa shape index (κ1) is 19.8. The molecule has 2 fully saturated rings. The van der Waals surface area contributed by atoms with Gasteiger partial charge < -0.3 is 9.64 Å². The number of morpholine rings is 1. The molecule has 1 aromatic heterocycles. The van der Waals surface area contributed by atoms with E-state index in [0.717, 1.165) is 6.42 Å². The van der Waals surface area contributed by atoms with E-state index in [2.05, 4.69) is 0 Å². The second-order valence-electron chi connectivity index (χ2n) is 6.94. The van der Waals surface area contributed by atoms with Gasteiger partial charge in [-0.1, -0.05) is 6.07 Å². The number of carbonyl (C=O) groups excluding carboxylic acids is 1. The first-order valence-corrected chi connectivity index (χ1v) is 11.3. The SMILES string of the molecule is CC1CN(S(=O)(=O)N2CCN(C(=O)CCc3cccs3)CC2)CC(C)O1. The molecule has 0 spiro atoms. The topological polar surface area (TPSA) is 70.2 Å². The summed E-state index contributed by atoms with van der Waals surface area (Å²) in [7, 11) is -3.50. The number of hydrogen-bond donors (Lipinski definition) is 0. The smallest absolute Gasteiger partial charge is 0.282 e. The molecule has 2 aliphatic rings. The Morgan fingerprint density at radius 3 is 2.38 bits per heavy atom. The second kappa shape index (κ2) is 8.35. The summed E-state index contributed by atoms with van der Waals surface area (Å²) in [6, 6.07) is 4.02. The van der Waals surface area contributed by atoms with Crippen LogP contribution in [0.25, 0.3) is 0 Å². The highest BCUT2D eigenvalue weighted by Crippen LogP contribution is 2.19. The van der Waals surface area contributed by atoms with E-state index < -0.39 is 10.2 Å². The number of nitrogens with zero attached hydrogens (tertiary/aromatic N) is 3. The lowest BCUT2D eigenvalue weighted by Crippen LogP contribution is -2.57. The molecule has 0 N–H and O–H groups in total. The molecule has 2 aliphatic heterocycles. The van der Waals surface area contributed by atoms with Crippen molar-refractivity contribution < 1.29 is 17.9 Å². The summed E-state index contributed by atoms with van der Waals surface area (Å²) >= 11 is 1.66. The third-order valence-corrected chi connectivity index (χ3v) is 7.70. The van der Waals surface area contributed by atoms with Crippen LogP contribution in [-0.4, -0.2) is 79.3 Å². The summed E-state index contributed by atoms with van der Waals surface area (Å²) in [6.07, 6.45) is 1.02. The molecule has 2 unspecified atom stereocenters. The fourth-order valence-electron chi connectivity index (χ4n) is 3.49. The molecule has 0 aliphatic carbocycles. The summed E-state index contributed by atoms with van der Waals surface area (Å²) in [6.45, 7) is 6.17. The molecule has 2 atom stereocenters. The number of ether oxygens (including phenoxy) is 1. The second-order valence-corrected chi connectivity index (χ2v) is 9.90. The monoisotopic (exact) mass is 401 g/mol. The quantitative estimate of drug-likeness (QED) is 0.743. The lowest BCUT2D eigenvalue weighted by Gasteiger charge is -2.40. The summed E-state index contributed by atoms with van der Waals surface area (Å²) in [5.41, 5.74) is 0. The summed E-state index contributed by atoms with van der Waals surface area (Å²) < 4.78 is 34.4. The standard InChI is InChI=1S/C17H27N3O4S2/c1-14-12-20(13-15(2)24-14)26(22,23)19-9-7-18(8-10-19)17(21)6-5-16-4-3-11-25-16/h3-4,11,14-15H,5-10,12-13H2,1-2H3. The van der Waals surface area contributed by atoms with Crippen LogP contribution in [-0.2, 0) is 26.2 Å². The van der Waals surface area contributed by atoms with E-state index in [1.54, 1.807) is 16.2 Å². The Morgan fingerprint density at radius 2 is 1.81 bits per heavy atom. The Kier molecular flexibility index (Phi) is 6.34. The maximum Gasteiger partial charge on any atom is 0.282 e. The summed E-state index contributed by atoms with van der Waals surface area (Å²) in [4.78, 5) is 15.4. The number of aryl methyl sites for hydroxylation is 1. The van der Waals surface area contributed by atoms with Gasteiger partial charge in [-0.25, -0.2) is 0 Å². The van der Waals surface area contributed by atoms with Gasteiger partial charge in [-0.2, -0.15) is 17.0 Å². The van der Waals surface area contributed by atoms with Crippen molar-refractivity contribution in [3.63, 3.8) is 0 Å². The van der Waals surface area contributed by atoms with Crippen LogP contribution in [0.1, 0.15) is 25.1 Å². The Morgan fingerprint density at radius 1 is 1.15 bits per heavy atom. The number of hydrogen-bond acceptors (Lipinski definition) is 5. The van der Waals surface area contributed by atoms with Crippen LogP contribution in [0.15, 0.2) is 17.5 Å². The third-order valence-electron chi connectivity index (χ3n) is 4.80. The molecular formula is C17H27N3O4S2. The zero-order chi connectivity index (χ0) is 18.7. The lowest BCUT2D eigenvalue weighted by atomic mass is 10.2. The van der Waals surface area contributed by atoms with Crippen LogP contribution in [0.3, 0.4) is 0 Å².